The Kier molecular flexibility index (Phi) is 9.84. The predicted octanol–water partition coefficient (Wildman–Crippen LogP) is 5.13. The number of halogens is 1. The monoisotopic (exact) mass is 564 g/mol. The molecule has 0 unspecified atom stereocenters. The number of nitrogens with zero attached hydrogens (tertiary/aromatic N) is 7. The average molecular weight is 565 g/mol. The van der Waals surface area contributed by atoms with Crippen molar-refractivity contribution in [2.45, 2.75) is 59.0 Å². The Hall–Kier alpha value is -3.08. The summed E-state index contributed by atoms with van der Waals surface area (Å²) in [6, 6.07) is 6.16. The zero-order chi connectivity index (χ0) is 28.8. The SMILES string of the molecule is CCCN(CCN1CCOCC1)C1CCN(c2ccc(Nc3ncc(C)c(-c4cnn(C(C)C)c4)n3)cc2F)CC1. The molecule has 1 aromatic carbocycles. The van der Waals surface area contributed by atoms with E-state index in [9.17, 15) is 0 Å². The second-order valence-electron chi connectivity index (χ2n) is 11.5. The van der Waals surface area contributed by atoms with E-state index in [2.05, 4.69) is 50.9 Å². The van der Waals surface area contributed by atoms with Crippen LogP contribution in [-0.4, -0.2) is 94.6 Å². The van der Waals surface area contributed by atoms with Crippen LogP contribution < -0.4 is 10.2 Å². The van der Waals surface area contributed by atoms with Gasteiger partial charge in [-0.05, 0) is 70.3 Å². The Morgan fingerprint density at radius 3 is 2.56 bits per heavy atom. The van der Waals surface area contributed by atoms with Crippen molar-refractivity contribution >= 4 is 17.3 Å². The Morgan fingerprint density at radius 1 is 1.10 bits per heavy atom. The molecule has 0 atom stereocenters. The van der Waals surface area contributed by atoms with Gasteiger partial charge in [-0.25, -0.2) is 14.4 Å². The van der Waals surface area contributed by atoms with Crippen LogP contribution in [0.5, 0.6) is 0 Å². The van der Waals surface area contributed by atoms with Crippen LogP contribution in [0.1, 0.15) is 51.6 Å². The third kappa shape index (κ3) is 7.42. The largest absolute Gasteiger partial charge is 0.379 e. The molecule has 9 nitrogen and oxygen atoms in total. The molecule has 0 aliphatic carbocycles. The zero-order valence-electron chi connectivity index (χ0n) is 25.0. The highest BCUT2D eigenvalue weighted by Crippen LogP contribution is 2.29. The minimum Gasteiger partial charge on any atom is -0.379 e. The molecule has 2 saturated heterocycles. The van der Waals surface area contributed by atoms with Crippen molar-refractivity contribution in [3.05, 3.63) is 48.2 Å². The molecule has 41 heavy (non-hydrogen) atoms. The third-order valence-corrected chi connectivity index (χ3v) is 8.22. The van der Waals surface area contributed by atoms with Crippen molar-refractivity contribution < 1.29 is 9.13 Å². The van der Waals surface area contributed by atoms with Crippen LogP contribution in [0.3, 0.4) is 0 Å². The van der Waals surface area contributed by atoms with Crippen molar-refractivity contribution in [2.75, 3.05) is 69.2 Å². The fraction of sp³-hybridized carbons (Fsp3) is 0.581. The van der Waals surface area contributed by atoms with E-state index in [0.717, 1.165) is 95.1 Å². The standard InChI is InChI=1S/C31H45FN8O/c1-5-10-38(14-13-37-15-17-41-18-16-37)27-8-11-39(12-9-27)29-7-6-26(19-28(29)32)35-31-33-20-24(4)30(36-31)25-21-34-40(22-25)23(2)3/h6-7,19-23,27H,5,8-18H2,1-4H3,(H,33,35,36). The topological polar surface area (TPSA) is 74.6 Å². The molecule has 0 amide bonds. The number of rotatable bonds is 11. The number of aromatic nitrogens is 4. The summed E-state index contributed by atoms with van der Waals surface area (Å²) in [5, 5.41) is 7.63. The number of hydrogen-bond acceptors (Lipinski definition) is 8. The van der Waals surface area contributed by atoms with Crippen molar-refractivity contribution in [2.24, 2.45) is 0 Å². The number of nitrogens with one attached hydrogen (secondary N) is 1. The van der Waals surface area contributed by atoms with E-state index < -0.39 is 0 Å². The van der Waals surface area contributed by atoms with Gasteiger partial charge in [0.15, 0.2) is 0 Å². The fourth-order valence-corrected chi connectivity index (χ4v) is 5.84. The van der Waals surface area contributed by atoms with E-state index in [4.69, 9.17) is 9.72 Å². The summed E-state index contributed by atoms with van der Waals surface area (Å²) in [7, 11) is 0. The van der Waals surface area contributed by atoms with Gasteiger partial charge < -0.3 is 15.0 Å². The Morgan fingerprint density at radius 2 is 1.88 bits per heavy atom. The lowest BCUT2D eigenvalue weighted by molar-refractivity contribution is 0.0298. The van der Waals surface area contributed by atoms with Gasteiger partial charge >= 0.3 is 0 Å². The van der Waals surface area contributed by atoms with Crippen LogP contribution >= 0.6 is 0 Å². The van der Waals surface area contributed by atoms with Gasteiger partial charge in [0, 0.05) is 75.0 Å². The molecule has 0 spiro atoms. The molecule has 2 aliphatic heterocycles. The summed E-state index contributed by atoms with van der Waals surface area (Å²) in [4.78, 5) is 16.5. The van der Waals surface area contributed by atoms with Gasteiger partial charge in [-0.3, -0.25) is 14.5 Å². The maximum absolute atomic E-state index is 15.4. The van der Waals surface area contributed by atoms with Gasteiger partial charge in [-0.1, -0.05) is 6.92 Å². The number of ether oxygens (including phenoxy) is 1. The maximum atomic E-state index is 15.4. The molecule has 0 bridgehead atoms. The number of hydrogen-bond donors (Lipinski definition) is 1. The van der Waals surface area contributed by atoms with Crippen LogP contribution in [0.25, 0.3) is 11.3 Å². The van der Waals surface area contributed by atoms with Gasteiger partial charge in [-0.2, -0.15) is 5.10 Å². The molecular formula is C31H45FN8O. The highest BCUT2D eigenvalue weighted by Gasteiger charge is 2.26. The summed E-state index contributed by atoms with van der Waals surface area (Å²) in [5.41, 5.74) is 4.01. The number of morpholine rings is 1. The minimum atomic E-state index is -0.225. The van der Waals surface area contributed by atoms with E-state index in [0.29, 0.717) is 23.4 Å². The lowest BCUT2D eigenvalue weighted by Gasteiger charge is -2.40. The summed E-state index contributed by atoms with van der Waals surface area (Å²) in [5.74, 6) is 0.209. The van der Waals surface area contributed by atoms with Crippen LogP contribution in [0.15, 0.2) is 36.8 Å². The van der Waals surface area contributed by atoms with Gasteiger partial charge in [0.2, 0.25) is 5.95 Å². The van der Waals surface area contributed by atoms with Crippen molar-refractivity contribution in [3.63, 3.8) is 0 Å². The molecule has 2 aliphatic rings. The molecule has 5 rings (SSSR count). The Balaban J connectivity index is 1.19. The first-order valence-electron chi connectivity index (χ1n) is 15.1. The fourth-order valence-electron chi connectivity index (χ4n) is 5.84. The first-order valence-corrected chi connectivity index (χ1v) is 15.1. The Labute approximate surface area is 243 Å². The predicted molar refractivity (Wildman–Crippen MR) is 162 cm³/mol. The molecule has 222 valence electrons. The van der Waals surface area contributed by atoms with Crippen LogP contribution in [-0.2, 0) is 4.74 Å². The maximum Gasteiger partial charge on any atom is 0.227 e. The molecule has 2 fully saturated rings. The highest BCUT2D eigenvalue weighted by atomic mass is 19.1. The van der Waals surface area contributed by atoms with Gasteiger partial charge in [-0.15, -0.1) is 0 Å². The van der Waals surface area contributed by atoms with Crippen LogP contribution in [0, 0.1) is 12.7 Å². The smallest absolute Gasteiger partial charge is 0.227 e. The highest BCUT2D eigenvalue weighted by molar-refractivity contribution is 5.65. The van der Waals surface area contributed by atoms with Crippen LogP contribution in [0.4, 0.5) is 21.7 Å². The van der Waals surface area contributed by atoms with E-state index >= 15 is 4.39 Å². The molecule has 0 saturated carbocycles. The molecule has 4 heterocycles. The third-order valence-electron chi connectivity index (χ3n) is 8.22. The first kappa shape index (κ1) is 29.4. The summed E-state index contributed by atoms with van der Waals surface area (Å²) >= 11 is 0. The number of aryl methyl sites for hydroxylation is 1. The van der Waals surface area contributed by atoms with E-state index in [1.165, 1.54) is 0 Å². The van der Waals surface area contributed by atoms with E-state index in [1.807, 2.05) is 36.1 Å². The second-order valence-corrected chi connectivity index (χ2v) is 11.5. The summed E-state index contributed by atoms with van der Waals surface area (Å²) in [6.45, 7) is 17.2. The molecule has 2 aromatic heterocycles. The van der Waals surface area contributed by atoms with E-state index in [1.54, 1.807) is 12.3 Å². The number of piperidine rings is 1. The van der Waals surface area contributed by atoms with Gasteiger partial charge in [0.05, 0.1) is 30.8 Å². The number of anilines is 3. The lowest BCUT2D eigenvalue weighted by atomic mass is 10.0. The summed E-state index contributed by atoms with van der Waals surface area (Å²) in [6.07, 6.45) is 8.86. The number of benzene rings is 1. The zero-order valence-corrected chi connectivity index (χ0v) is 25.0. The first-order chi connectivity index (χ1) is 19.9. The van der Waals surface area contributed by atoms with E-state index in [-0.39, 0.29) is 11.9 Å². The van der Waals surface area contributed by atoms with Crippen molar-refractivity contribution in [1.82, 2.24) is 29.5 Å². The van der Waals surface area contributed by atoms with Crippen molar-refractivity contribution in [3.8, 4) is 11.3 Å². The molecule has 3 aromatic rings. The second kappa shape index (κ2) is 13.7. The van der Waals surface area contributed by atoms with Crippen LogP contribution in [0.2, 0.25) is 0 Å². The van der Waals surface area contributed by atoms with Gasteiger partial charge in [0.1, 0.15) is 5.82 Å². The molecule has 10 heteroatoms. The normalized spacial score (nSPS) is 17.1. The quantitative estimate of drug-likeness (QED) is 0.344. The Bertz CT molecular complexity index is 1270. The lowest BCUT2D eigenvalue weighted by Crippen LogP contribution is -2.48. The summed E-state index contributed by atoms with van der Waals surface area (Å²) < 4.78 is 22.8. The average Bonchev–Trinajstić information content (AvgIpc) is 3.48. The molecule has 1 N–H and O–H groups in total. The van der Waals surface area contributed by atoms with Crippen molar-refractivity contribution in [1.29, 1.82) is 0 Å². The van der Waals surface area contributed by atoms with Gasteiger partial charge in [0.25, 0.3) is 0 Å². The molecular weight excluding hydrogens is 519 g/mol. The molecule has 0 radical (unpaired) electrons. The minimum absolute atomic E-state index is 0.225.